The number of fused-ring (bicyclic) bond motifs is 1. The number of halogens is 1. The van der Waals surface area contributed by atoms with E-state index in [4.69, 9.17) is 0 Å². The molecule has 1 N–H and O–H groups in total. The summed E-state index contributed by atoms with van der Waals surface area (Å²) in [4.78, 5) is 0.340. The highest BCUT2D eigenvalue weighted by molar-refractivity contribution is 9.10. The first kappa shape index (κ1) is 14.5. The van der Waals surface area contributed by atoms with E-state index in [0.717, 1.165) is 22.9 Å². The fourth-order valence-electron chi connectivity index (χ4n) is 3.32. The van der Waals surface area contributed by atoms with Gasteiger partial charge in [0, 0.05) is 23.5 Å². The third-order valence-electron chi connectivity index (χ3n) is 4.55. The van der Waals surface area contributed by atoms with Crippen LogP contribution in [-0.2, 0) is 10.0 Å². The van der Waals surface area contributed by atoms with Crippen LogP contribution in [0.2, 0.25) is 0 Å². The second kappa shape index (κ2) is 5.09. The molecular formula is C14H18BrNO3S. The Kier molecular flexibility index (Phi) is 3.69. The zero-order valence-electron chi connectivity index (χ0n) is 11.3. The van der Waals surface area contributed by atoms with Crippen LogP contribution in [-0.4, -0.2) is 37.0 Å². The lowest BCUT2D eigenvalue weighted by Gasteiger charge is -2.18. The first-order chi connectivity index (χ1) is 9.39. The smallest absolute Gasteiger partial charge is 0.243 e. The molecule has 0 spiro atoms. The van der Waals surface area contributed by atoms with Crippen molar-refractivity contribution < 1.29 is 13.5 Å². The van der Waals surface area contributed by atoms with Crippen LogP contribution in [0.15, 0.2) is 27.6 Å². The summed E-state index contributed by atoms with van der Waals surface area (Å²) in [6, 6.07) is 5.11. The highest BCUT2D eigenvalue weighted by atomic mass is 79.9. The lowest BCUT2D eigenvalue weighted by atomic mass is 10.00. The second-order valence-corrected chi connectivity index (χ2v) is 8.59. The predicted molar refractivity (Wildman–Crippen MR) is 79.9 cm³/mol. The Bertz CT molecular complexity index is 631. The molecule has 1 heterocycles. The van der Waals surface area contributed by atoms with Crippen molar-refractivity contribution in [2.45, 2.75) is 30.8 Å². The van der Waals surface area contributed by atoms with Gasteiger partial charge in [-0.2, -0.15) is 4.31 Å². The Balaban J connectivity index is 1.88. The SMILES string of the molecule is Cc1cc(S(=O)(=O)N2CC3CCC(O)C3C2)ccc1Br. The number of aryl methyl sites for hydroxylation is 1. The van der Waals surface area contributed by atoms with Gasteiger partial charge in [-0.25, -0.2) is 8.42 Å². The largest absolute Gasteiger partial charge is 0.393 e. The van der Waals surface area contributed by atoms with Crippen LogP contribution in [0.1, 0.15) is 18.4 Å². The van der Waals surface area contributed by atoms with Crippen LogP contribution >= 0.6 is 15.9 Å². The Morgan fingerprint density at radius 2 is 2.05 bits per heavy atom. The Morgan fingerprint density at radius 1 is 1.30 bits per heavy atom. The molecule has 0 amide bonds. The molecule has 3 atom stereocenters. The van der Waals surface area contributed by atoms with Gasteiger partial charge >= 0.3 is 0 Å². The Hall–Kier alpha value is -0.430. The normalized spacial score (nSPS) is 30.6. The van der Waals surface area contributed by atoms with Crippen molar-refractivity contribution in [3.05, 3.63) is 28.2 Å². The average Bonchev–Trinajstić information content (AvgIpc) is 2.96. The first-order valence-corrected chi connectivity index (χ1v) is 9.07. The van der Waals surface area contributed by atoms with E-state index in [1.807, 2.05) is 6.92 Å². The van der Waals surface area contributed by atoms with Gasteiger partial charge in [-0.05, 0) is 49.4 Å². The van der Waals surface area contributed by atoms with Crippen molar-refractivity contribution in [3.8, 4) is 0 Å². The van der Waals surface area contributed by atoms with Crippen molar-refractivity contribution >= 4 is 26.0 Å². The van der Waals surface area contributed by atoms with Crippen LogP contribution < -0.4 is 0 Å². The number of hydrogen-bond donors (Lipinski definition) is 1. The minimum atomic E-state index is -3.44. The summed E-state index contributed by atoms with van der Waals surface area (Å²) < 4.78 is 27.8. The van der Waals surface area contributed by atoms with E-state index in [1.165, 1.54) is 4.31 Å². The molecule has 0 radical (unpaired) electrons. The van der Waals surface area contributed by atoms with Crippen LogP contribution in [0, 0.1) is 18.8 Å². The van der Waals surface area contributed by atoms with Gasteiger partial charge in [0.05, 0.1) is 11.0 Å². The molecule has 1 aromatic rings. The van der Waals surface area contributed by atoms with E-state index in [2.05, 4.69) is 15.9 Å². The molecule has 3 unspecified atom stereocenters. The van der Waals surface area contributed by atoms with Crippen LogP contribution in [0.5, 0.6) is 0 Å². The van der Waals surface area contributed by atoms with E-state index in [0.29, 0.717) is 23.9 Å². The maximum atomic E-state index is 12.7. The number of rotatable bonds is 2. The summed E-state index contributed by atoms with van der Waals surface area (Å²) in [5, 5.41) is 9.91. The summed E-state index contributed by atoms with van der Waals surface area (Å²) in [6.07, 6.45) is 1.39. The van der Waals surface area contributed by atoms with Crippen molar-refractivity contribution in [1.82, 2.24) is 4.31 Å². The summed E-state index contributed by atoms with van der Waals surface area (Å²) in [7, 11) is -3.44. The molecule has 1 aliphatic carbocycles. The molecule has 3 rings (SSSR count). The van der Waals surface area contributed by atoms with Gasteiger partial charge in [-0.15, -0.1) is 0 Å². The van der Waals surface area contributed by atoms with E-state index in [-0.39, 0.29) is 12.0 Å². The molecule has 110 valence electrons. The monoisotopic (exact) mass is 359 g/mol. The zero-order chi connectivity index (χ0) is 14.5. The molecule has 4 nitrogen and oxygen atoms in total. The molecule has 6 heteroatoms. The molecule has 1 aliphatic heterocycles. The summed E-state index contributed by atoms with van der Waals surface area (Å²) in [5.74, 6) is 0.428. The van der Waals surface area contributed by atoms with Crippen molar-refractivity contribution in [1.29, 1.82) is 0 Å². The van der Waals surface area contributed by atoms with Gasteiger partial charge in [0.25, 0.3) is 0 Å². The van der Waals surface area contributed by atoms with Crippen molar-refractivity contribution in [2.24, 2.45) is 11.8 Å². The number of benzene rings is 1. The number of aliphatic hydroxyl groups is 1. The van der Waals surface area contributed by atoms with Crippen LogP contribution in [0.25, 0.3) is 0 Å². The van der Waals surface area contributed by atoms with E-state index < -0.39 is 10.0 Å². The van der Waals surface area contributed by atoms with E-state index in [1.54, 1.807) is 18.2 Å². The topological polar surface area (TPSA) is 57.6 Å². The van der Waals surface area contributed by atoms with Crippen LogP contribution in [0.4, 0.5) is 0 Å². The lowest BCUT2D eigenvalue weighted by molar-refractivity contribution is 0.129. The standard InChI is InChI=1S/C14H18BrNO3S/c1-9-6-11(3-4-13(9)15)20(18,19)16-7-10-2-5-14(17)12(10)8-16/h3-4,6,10,12,14,17H,2,5,7-8H2,1H3. The summed E-state index contributed by atoms with van der Waals surface area (Å²) >= 11 is 3.39. The minimum Gasteiger partial charge on any atom is -0.393 e. The molecule has 1 saturated carbocycles. The van der Waals surface area contributed by atoms with Gasteiger partial charge in [0.15, 0.2) is 0 Å². The second-order valence-electron chi connectivity index (χ2n) is 5.80. The fraction of sp³-hybridized carbons (Fsp3) is 0.571. The van der Waals surface area contributed by atoms with Crippen molar-refractivity contribution in [3.63, 3.8) is 0 Å². The molecule has 1 aromatic carbocycles. The molecular weight excluding hydrogens is 342 g/mol. The maximum Gasteiger partial charge on any atom is 0.243 e. The van der Waals surface area contributed by atoms with Gasteiger partial charge in [0.2, 0.25) is 10.0 Å². The number of sulfonamides is 1. The minimum absolute atomic E-state index is 0.112. The van der Waals surface area contributed by atoms with Gasteiger partial charge < -0.3 is 5.11 Å². The number of nitrogens with zero attached hydrogens (tertiary/aromatic N) is 1. The summed E-state index contributed by atoms with van der Waals surface area (Å²) in [6.45, 7) is 2.87. The number of hydrogen-bond acceptors (Lipinski definition) is 3. The zero-order valence-corrected chi connectivity index (χ0v) is 13.7. The van der Waals surface area contributed by atoms with Gasteiger partial charge in [-0.3, -0.25) is 0 Å². The van der Waals surface area contributed by atoms with Crippen molar-refractivity contribution in [2.75, 3.05) is 13.1 Å². The first-order valence-electron chi connectivity index (χ1n) is 6.84. The maximum absolute atomic E-state index is 12.7. The quantitative estimate of drug-likeness (QED) is 0.879. The van der Waals surface area contributed by atoms with Gasteiger partial charge in [-0.1, -0.05) is 15.9 Å². The predicted octanol–water partition coefficient (Wildman–Crippen LogP) is 2.15. The Morgan fingerprint density at radius 3 is 2.70 bits per heavy atom. The third-order valence-corrected chi connectivity index (χ3v) is 7.27. The molecule has 2 fully saturated rings. The molecule has 2 aliphatic rings. The fourth-order valence-corrected chi connectivity index (χ4v) is 5.19. The third kappa shape index (κ3) is 2.32. The average molecular weight is 360 g/mol. The lowest BCUT2D eigenvalue weighted by Crippen LogP contribution is -2.31. The van der Waals surface area contributed by atoms with Crippen LogP contribution in [0.3, 0.4) is 0 Å². The van der Waals surface area contributed by atoms with E-state index >= 15 is 0 Å². The summed E-state index contributed by atoms with van der Waals surface area (Å²) in [5.41, 5.74) is 0.908. The highest BCUT2D eigenvalue weighted by Crippen LogP contribution is 2.40. The molecule has 0 bridgehead atoms. The molecule has 0 aromatic heterocycles. The number of aliphatic hydroxyl groups excluding tert-OH is 1. The Labute approximate surface area is 128 Å². The highest BCUT2D eigenvalue weighted by Gasteiger charge is 2.45. The molecule has 1 saturated heterocycles. The van der Waals surface area contributed by atoms with E-state index in [9.17, 15) is 13.5 Å². The van der Waals surface area contributed by atoms with Gasteiger partial charge in [0.1, 0.15) is 0 Å². The molecule has 20 heavy (non-hydrogen) atoms.